The minimum absolute atomic E-state index is 0.248. The SMILES string of the molecule is N#Cc1n[nH]nc1-c1cccc(OCCOc2ccc(Cl)cc2)c1. The van der Waals surface area contributed by atoms with Gasteiger partial charge in [-0.05, 0) is 36.4 Å². The molecule has 1 aromatic heterocycles. The van der Waals surface area contributed by atoms with Crippen LogP contribution < -0.4 is 9.47 Å². The zero-order valence-corrected chi connectivity index (χ0v) is 13.3. The van der Waals surface area contributed by atoms with Crippen LogP contribution in [0.2, 0.25) is 5.02 Å². The molecule has 24 heavy (non-hydrogen) atoms. The van der Waals surface area contributed by atoms with E-state index in [-0.39, 0.29) is 5.69 Å². The van der Waals surface area contributed by atoms with Gasteiger partial charge in [0.1, 0.15) is 36.5 Å². The predicted octanol–water partition coefficient (Wildman–Crippen LogP) is 3.45. The Morgan fingerprint density at radius 3 is 2.50 bits per heavy atom. The molecule has 0 aliphatic heterocycles. The Morgan fingerprint density at radius 1 is 1.00 bits per heavy atom. The summed E-state index contributed by atoms with van der Waals surface area (Å²) < 4.78 is 11.2. The van der Waals surface area contributed by atoms with E-state index in [1.165, 1.54) is 0 Å². The number of H-pyrrole nitrogens is 1. The van der Waals surface area contributed by atoms with E-state index in [0.29, 0.717) is 29.7 Å². The van der Waals surface area contributed by atoms with Crippen LogP contribution in [0.5, 0.6) is 11.5 Å². The lowest BCUT2D eigenvalue weighted by atomic mass is 10.1. The first-order valence-electron chi connectivity index (χ1n) is 7.19. The van der Waals surface area contributed by atoms with Crippen molar-refractivity contribution in [3.05, 3.63) is 59.2 Å². The van der Waals surface area contributed by atoms with Crippen molar-refractivity contribution in [1.29, 1.82) is 5.26 Å². The number of aromatic amines is 1. The van der Waals surface area contributed by atoms with Gasteiger partial charge in [0.05, 0.1) is 0 Å². The number of rotatable bonds is 6. The number of hydrogen-bond acceptors (Lipinski definition) is 5. The third-order valence-corrected chi connectivity index (χ3v) is 3.45. The molecule has 3 aromatic rings. The summed E-state index contributed by atoms with van der Waals surface area (Å²) in [5.74, 6) is 1.40. The molecule has 1 heterocycles. The smallest absolute Gasteiger partial charge is 0.190 e. The van der Waals surface area contributed by atoms with Crippen molar-refractivity contribution < 1.29 is 9.47 Å². The van der Waals surface area contributed by atoms with Crippen molar-refractivity contribution in [2.45, 2.75) is 0 Å². The van der Waals surface area contributed by atoms with E-state index in [0.717, 1.165) is 11.3 Å². The van der Waals surface area contributed by atoms with Gasteiger partial charge in [-0.25, -0.2) is 0 Å². The van der Waals surface area contributed by atoms with Gasteiger partial charge in [-0.2, -0.15) is 15.6 Å². The molecule has 7 heteroatoms. The second-order valence-electron chi connectivity index (χ2n) is 4.81. The van der Waals surface area contributed by atoms with Gasteiger partial charge in [0.25, 0.3) is 0 Å². The van der Waals surface area contributed by atoms with Crippen molar-refractivity contribution in [1.82, 2.24) is 15.4 Å². The van der Waals surface area contributed by atoms with Crippen LogP contribution in [0.25, 0.3) is 11.3 Å². The standard InChI is InChI=1S/C17H13ClN4O2/c18-13-4-6-14(7-5-13)23-8-9-24-15-3-1-2-12(10-15)17-16(11-19)20-22-21-17/h1-7,10H,8-9H2,(H,20,21,22). The van der Waals surface area contributed by atoms with Crippen LogP contribution in [0, 0.1) is 11.3 Å². The molecular weight excluding hydrogens is 328 g/mol. The number of nitrogens with one attached hydrogen (secondary N) is 1. The zero-order valence-electron chi connectivity index (χ0n) is 12.6. The monoisotopic (exact) mass is 340 g/mol. The van der Waals surface area contributed by atoms with E-state index < -0.39 is 0 Å². The molecule has 1 N–H and O–H groups in total. The highest BCUT2D eigenvalue weighted by Gasteiger charge is 2.10. The molecule has 0 spiro atoms. The number of ether oxygens (including phenoxy) is 2. The summed E-state index contributed by atoms with van der Waals surface area (Å²) in [4.78, 5) is 0. The molecule has 2 aromatic carbocycles. The summed E-state index contributed by atoms with van der Waals surface area (Å²) in [7, 11) is 0. The lowest BCUT2D eigenvalue weighted by molar-refractivity contribution is 0.217. The van der Waals surface area contributed by atoms with Gasteiger partial charge in [-0.1, -0.05) is 23.7 Å². The highest BCUT2D eigenvalue weighted by Crippen LogP contribution is 2.23. The zero-order chi connectivity index (χ0) is 16.8. The molecule has 3 rings (SSSR count). The van der Waals surface area contributed by atoms with Crippen LogP contribution in [0.15, 0.2) is 48.5 Å². The number of nitrogens with zero attached hydrogens (tertiary/aromatic N) is 3. The van der Waals surface area contributed by atoms with E-state index in [9.17, 15) is 0 Å². The quantitative estimate of drug-likeness (QED) is 0.695. The first-order chi connectivity index (χ1) is 11.8. The molecule has 120 valence electrons. The lowest BCUT2D eigenvalue weighted by Crippen LogP contribution is -2.08. The van der Waals surface area contributed by atoms with Gasteiger partial charge >= 0.3 is 0 Å². The topological polar surface area (TPSA) is 83.8 Å². The molecule has 6 nitrogen and oxygen atoms in total. The Bertz CT molecular complexity index is 856. The second-order valence-corrected chi connectivity index (χ2v) is 5.25. The van der Waals surface area contributed by atoms with Gasteiger partial charge in [-0.3, -0.25) is 0 Å². The number of halogens is 1. The van der Waals surface area contributed by atoms with Crippen LogP contribution in [0.1, 0.15) is 5.69 Å². The minimum Gasteiger partial charge on any atom is -0.490 e. The van der Waals surface area contributed by atoms with Crippen LogP contribution in [-0.4, -0.2) is 28.6 Å². The number of benzene rings is 2. The van der Waals surface area contributed by atoms with E-state index in [1.807, 2.05) is 24.3 Å². The maximum atomic E-state index is 9.01. The predicted molar refractivity (Wildman–Crippen MR) is 89.0 cm³/mol. The van der Waals surface area contributed by atoms with Crippen molar-refractivity contribution in [2.75, 3.05) is 13.2 Å². The molecule has 0 saturated heterocycles. The van der Waals surface area contributed by atoms with E-state index >= 15 is 0 Å². The molecule has 0 aliphatic carbocycles. The summed E-state index contributed by atoms with van der Waals surface area (Å²) >= 11 is 5.82. The van der Waals surface area contributed by atoms with E-state index in [4.69, 9.17) is 26.3 Å². The second kappa shape index (κ2) is 7.49. The van der Waals surface area contributed by atoms with Crippen LogP contribution >= 0.6 is 11.6 Å². The molecule has 0 saturated carbocycles. The van der Waals surface area contributed by atoms with Crippen molar-refractivity contribution in [3.63, 3.8) is 0 Å². The summed E-state index contributed by atoms with van der Waals surface area (Å²) in [5, 5.41) is 19.9. The Hall–Kier alpha value is -3.04. The fourth-order valence-electron chi connectivity index (χ4n) is 2.09. The minimum atomic E-state index is 0.248. The summed E-state index contributed by atoms with van der Waals surface area (Å²) in [5.41, 5.74) is 1.51. The molecule has 0 bridgehead atoms. The first kappa shape index (κ1) is 15.8. The maximum absolute atomic E-state index is 9.01. The summed E-state index contributed by atoms with van der Waals surface area (Å²) in [6.45, 7) is 0.787. The first-order valence-corrected chi connectivity index (χ1v) is 7.56. The number of aromatic nitrogens is 3. The Kier molecular flexibility index (Phi) is 4.94. The third-order valence-electron chi connectivity index (χ3n) is 3.20. The Labute approximate surface area is 143 Å². The Balaban J connectivity index is 1.57. The Morgan fingerprint density at radius 2 is 1.75 bits per heavy atom. The van der Waals surface area contributed by atoms with E-state index in [2.05, 4.69) is 15.4 Å². The lowest BCUT2D eigenvalue weighted by Gasteiger charge is -2.09. The van der Waals surface area contributed by atoms with Crippen molar-refractivity contribution in [3.8, 4) is 28.8 Å². The summed E-state index contributed by atoms with van der Waals surface area (Å²) in [6, 6.07) is 16.5. The fraction of sp³-hybridized carbons (Fsp3) is 0.118. The average molecular weight is 341 g/mol. The third kappa shape index (κ3) is 3.83. The maximum Gasteiger partial charge on any atom is 0.190 e. The average Bonchev–Trinajstić information content (AvgIpc) is 3.09. The van der Waals surface area contributed by atoms with Gasteiger partial charge in [0.2, 0.25) is 0 Å². The van der Waals surface area contributed by atoms with Crippen LogP contribution in [0.3, 0.4) is 0 Å². The molecule has 0 amide bonds. The van der Waals surface area contributed by atoms with Gasteiger partial charge in [-0.15, -0.1) is 5.10 Å². The van der Waals surface area contributed by atoms with E-state index in [1.54, 1.807) is 30.3 Å². The molecule has 0 radical (unpaired) electrons. The molecule has 0 aliphatic rings. The number of hydrogen-bond donors (Lipinski definition) is 1. The van der Waals surface area contributed by atoms with Gasteiger partial charge in [0.15, 0.2) is 5.69 Å². The molecular formula is C17H13ClN4O2. The van der Waals surface area contributed by atoms with Crippen molar-refractivity contribution in [2.24, 2.45) is 0 Å². The molecule has 0 unspecified atom stereocenters. The van der Waals surface area contributed by atoms with Crippen LogP contribution in [0.4, 0.5) is 0 Å². The summed E-state index contributed by atoms with van der Waals surface area (Å²) in [6.07, 6.45) is 0. The molecule has 0 atom stereocenters. The molecule has 0 fully saturated rings. The van der Waals surface area contributed by atoms with Crippen molar-refractivity contribution >= 4 is 11.6 Å². The normalized spacial score (nSPS) is 10.2. The largest absolute Gasteiger partial charge is 0.490 e. The van der Waals surface area contributed by atoms with Crippen LogP contribution in [-0.2, 0) is 0 Å². The van der Waals surface area contributed by atoms with Gasteiger partial charge < -0.3 is 9.47 Å². The highest BCUT2D eigenvalue weighted by molar-refractivity contribution is 6.30. The highest BCUT2D eigenvalue weighted by atomic mass is 35.5. The van der Waals surface area contributed by atoms with Gasteiger partial charge in [0, 0.05) is 10.6 Å². The fourth-order valence-corrected chi connectivity index (χ4v) is 2.22. The number of nitriles is 1.